The number of nitriles is 1. The second kappa shape index (κ2) is 7.28. The number of hydrogen-bond donors (Lipinski definition) is 2. The largest absolute Gasteiger partial charge is 0.484 e. The summed E-state index contributed by atoms with van der Waals surface area (Å²) < 4.78 is 10.6. The lowest BCUT2D eigenvalue weighted by Crippen LogP contribution is -2.43. The zero-order valence-corrected chi connectivity index (χ0v) is 12.7. The predicted octanol–water partition coefficient (Wildman–Crippen LogP) is 1.75. The summed E-state index contributed by atoms with van der Waals surface area (Å²) in [5.74, 6) is -0.628. The summed E-state index contributed by atoms with van der Waals surface area (Å²) in [6.07, 6.45) is 0. The van der Waals surface area contributed by atoms with E-state index in [9.17, 15) is 9.59 Å². The number of ether oxygens (including phenoxy) is 1. The lowest BCUT2D eigenvalue weighted by atomic mass is 10.2. The Kier molecular flexibility index (Phi) is 5.16. The van der Waals surface area contributed by atoms with E-state index in [1.165, 1.54) is 6.07 Å². The molecular formula is C14H10BrN3O4. The van der Waals surface area contributed by atoms with Crippen molar-refractivity contribution in [2.75, 3.05) is 6.61 Å². The first-order chi connectivity index (χ1) is 10.6. The Morgan fingerprint density at radius 3 is 2.50 bits per heavy atom. The molecule has 2 amide bonds. The van der Waals surface area contributed by atoms with Gasteiger partial charge in [-0.1, -0.05) is 0 Å². The van der Waals surface area contributed by atoms with Crippen LogP contribution in [0.2, 0.25) is 0 Å². The average molecular weight is 364 g/mol. The number of rotatable bonds is 4. The fraction of sp³-hybridized carbons (Fsp3) is 0.0714. The van der Waals surface area contributed by atoms with E-state index < -0.39 is 11.8 Å². The van der Waals surface area contributed by atoms with E-state index in [1.54, 1.807) is 30.3 Å². The van der Waals surface area contributed by atoms with Crippen LogP contribution in [0.1, 0.15) is 16.1 Å². The number of carbonyl (C=O) groups is 2. The molecule has 0 unspecified atom stereocenters. The van der Waals surface area contributed by atoms with Crippen molar-refractivity contribution in [1.82, 2.24) is 10.9 Å². The van der Waals surface area contributed by atoms with Gasteiger partial charge in [-0.2, -0.15) is 5.26 Å². The number of hydrogen-bond acceptors (Lipinski definition) is 5. The maximum atomic E-state index is 11.6. The smallest absolute Gasteiger partial charge is 0.305 e. The molecule has 22 heavy (non-hydrogen) atoms. The number of benzene rings is 1. The van der Waals surface area contributed by atoms with Gasteiger partial charge >= 0.3 is 5.91 Å². The van der Waals surface area contributed by atoms with Gasteiger partial charge in [-0.05, 0) is 52.3 Å². The topological polar surface area (TPSA) is 104 Å². The Hall–Kier alpha value is -2.79. The lowest BCUT2D eigenvalue weighted by molar-refractivity contribution is -0.123. The van der Waals surface area contributed by atoms with Crippen LogP contribution in [0.15, 0.2) is 45.5 Å². The van der Waals surface area contributed by atoms with E-state index in [1.807, 2.05) is 6.07 Å². The maximum Gasteiger partial charge on any atom is 0.305 e. The molecule has 0 atom stereocenters. The number of amides is 2. The molecule has 0 saturated carbocycles. The number of furan rings is 1. The second-order valence-corrected chi connectivity index (χ2v) is 4.81. The standard InChI is InChI=1S/C14H10BrN3O4/c15-12-6-5-11(22-12)14(20)18-17-13(19)8-21-10-3-1-9(7-16)2-4-10/h1-6H,8H2,(H,17,19)(H,18,20). The summed E-state index contributed by atoms with van der Waals surface area (Å²) in [5.41, 5.74) is 4.88. The molecular weight excluding hydrogens is 354 g/mol. The van der Waals surface area contributed by atoms with Crippen LogP contribution < -0.4 is 15.6 Å². The van der Waals surface area contributed by atoms with Crippen molar-refractivity contribution in [2.45, 2.75) is 0 Å². The van der Waals surface area contributed by atoms with E-state index >= 15 is 0 Å². The SMILES string of the molecule is N#Cc1ccc(OCC(=O)NNC(=O)c2ccc(Br)o2)cc1. The third kappa shape index (κ3) is 4.36. The van der Waals surface area contributed by atoms with Crippen molar-refractivity contribution in [3.63, 3.8) is 0 Å². The highest BCUT2D eigenvalue weighted by Crippen LogP contribution is 2.13. The Labute approximate surface area is 134 Å². The van der Waals surface area contributed by atoms with Crippen LogP contribution in [0.3, 0.4) is 0 Å². The number of nitrogens with zero attached hydrogens (tertiary/aromatic N) is 1. The fourth-order valence-electron chi connectivity index (χ4n) is 1.44. The van der Waals surface area contributed by atoms with Crippen LogP contribution in [0.5, 0.6) is 5.75 Å². The normalized spacial score (nSPS) is 9.64. The van der Waals surface area contributed by atoms with Crippen LogP contribution >= 0.6 is 15.9 Å². The van der Waals surface area contributed by atoms with Gasteiger partial charge in [0.25, 0.3) is 5.91 Å². The monoisotopic (exact) mass is 363 g/mol. The van der Waals surface area contributed by atoms with Crippen LogP contribution in [0, 0.1) is 11.3 Å². The molecule has 0 aliphatic carbocycles. The maximum absolute atomic E-state index is 11.6. The summed E-state index contributed by atoms with van der Waals surface area (Å²) in [6, 6.07) is 11.3. The van der Waals surface area contributed by atoms with Crippen molar-refractivity contribution in [1.29, 1.82) is 5.26 Å². The Morgan fingerprint density at radius 2 is 1.91 bits per heavy atom. The number of carbonyl (C=O) groups excluding carboxylic acids is 2. The summed E-state index contributed by atoms with van der Waals surface area (Å²) in [7, 11) is 0. The molecule has 1 aromatic heterocycles. The molecule has 8 heteroatoms. The van der Waals surface area contributed by atoms with Crippen LogP contribution in [-0.2, 0) is 4.79 Å². The van der Waals surface area contributed by atoms with Gasteiger partial charge in [0, 0.05) is 0 Å². The van der Waals surface area contributed by atoms with Crippen molar-refractivity contribution in [3.05, 3.63) is 52.4 Å². The third-order valence-electron chi connectivity index (χ3n) is 2.47. The van der Waals surface area contributed by atoms with Crippen LogP contribution in [-0.4, -0.2) is 18.4 Å². The van der Waals surface area contributed by atoms with Crippen LogP contribution in [0.25, 0.3) is 0 Å². The van der Waals surface area contributed by atoms with Gasteiger partial charge in [0.1, 0.15) is 5.75 Å². The summed E-state index contributed by atoms with van der Waals surface area (Å²) in [5, 5.41) is 8.66. The quantitative estimate of drug-likeness (QED) is 0.805. The van der Waals surface area contributed by atoms with Gasteiger partial charge in [-0.25, -0.2) is 0 Å². The lowest BCUT2D eigenvalue weighted by Gasteiger charge is -2.07. The molecule has 0 spiro atoms. The molecule has 0 aliphatic heterocycles. The molecule has 1 aromatic carbocycles. The summed E-state index contributed by atoms with van der Waals surface area (Å²) >= 11 is 3.07. The minimum absolute atomic E-state index is 0.0557. The Bertz CT molecular complexity index is 718. The van der Waals surface area contributed by atoms with Crippen molar-refractivity contribution >= 4 is 27.7 Å². The first-order valence-corrected chi connectivity index (χ1v) is 6.85. The minimum Gasteiger partial charge on any atom is -0.484 e. The van der Waals surface area contributed by atoms with Gasteiger partial charge in [0.2, 0.25) is 0 Å². The van der Waals surface area contributed by atoms with Crippen molar-refractivity contribution < 1.29 is 18.7 Å². The molecule has 7 nitrogen and oxygen atoms in total. The molecule has 0 fully saturated rings. The van der Waals surface area contributed by atoms with Crippen molar-refractivity contribution in [2.24, 2.45) is 0 Å². The van der Waals surface area contributed by atoms with E-state index in [-0.39, 0.29) is 12.4 Å². The molecule has 0 saturated heterocycles. The highest BCUT2D eigenvalue weighted by atomic mass is 79.9. The second-order valence-electron chi connectivity index (χ2n) is 4.03. The zero-order chi connectivity index (χ0) is 15.9. The summed E-state index contributed by atoms with van der Waals surface area (Å²) in [6.45, 7) is -0.284. The van der Waals surface area contributed by atoms with Gasteiger partial charge in [-0.3, -0.25) is 20.4 Å². The Balaban J connectivity index is 1.76. The summed E-state index contributed by atoms with van der Waals surface area (Å²) in [4.78, 5) is 23.1. The number of hydrazine groups is 1. The Morgan fingerprint density at radius 1 is 1.18 bits per heavy atom. The molecule has 112 valence electrons. The predicted molar refractivity (Wildman–Crippen MR) is 78.7 cm³/mol. The van der Waals surface area contributed by atoms with Gasteiger partial charge < -0.3 is 9.15 Å². The molecule has 1 heterocycles. The zero-order valence-electron chi connectivity index (χ0n) is 11.1. The van der Waals surface area contributed by atoms with Crippen molar-refractivity contribution in [3.8, 4) is 11.8 Å². The van der Waals surface area contributed by atoms with Gasteiger partial charge in [0.05, 0.1) is 11.6 Å². The minimum atomic E-state index is -0.586. The average Bonchev–Trinajstić information content (AvgIpc) is 2.97. The molecule has 2 N–H and O–H groups in total. The first-order valence-electron chi connectivity index (χ1n) is 6.06. The van der Waals surface area contributed by atoms with Crippen LogP contribution in [0.4, 0.5) is 0 Å². The number of halogens is 1. The molecule has 2 rings (SSSR count). The first kappa shape index (κ1) is 15.6. The van der Waals surface area contributed by atoms with Gasteiger partial charge in [-0.15, -0.1) is 0 Å². The highest BCUT2D eigenvalue weighted by molar-refractivity contribution is 9.10. The molecule has 0 radical (unpaired) electrons. The van der Waals surface area contributed by atoms with Gasteiger partial charge in [0.15, 0.2) is 17.0 Å². The highest BCUT2D eigenvalue weighted by Gasteiger charge is 2.11. The fourth-order valence-corrected chi connectivity index (χ4v) is 1.74. The molecule has 0 bridgehead atoms. The molecule has 2 aromatic rings. The van der Waals surface area contributed by atoms with E-state index in [0.29, 0.717) is 16.0 Å². The third-order valence-corrected chi connectivity index (χ3v) is 2.89. The van der Waals surface area contributed by atoms with E-state index in [4.69, 9.17) is 14.4 Å². The molecule has 0 aliphatic rings. The van der Waals surface area contributed by atoms with E-state index in [2.05, 4.69) is 26.8 Å². The van der Waals surface area contributed by atoms with E-state index in [0.717, 1.165) is 0 Å². The number of nitrogens with one attached hydrogen (secondary N) is 2.